The molecule has 1 aliphatic carbocycles. The van der Waals surface area contributed by atoms with Crippen molar-refractivity contribution in [1.82, 2.24) is 10.6 Å². The van der Waals surface area contributed by atoms with Crippen LogP contribution in [0.2, 0.25) is 0 Å². The third-order valence-electron chi connectivity index (χ3n) is 5.96. The Morgan fingerprint density at radius 2 is 2.00 bits per heavy atom. The number of hydrogen-bond acceptors (Lipinski definition) is 6. The Morgan fingerprint density at radius 1 is 1.23 bits per heavy atom. The number of nitrogens with one attached hydrogen (secondary N) is 2. The number of carbonyl (C=O) groups is 2. The summed E-state index contributed by atoms with van der Waals surface area (Å²) in [6.07, 6.45) is 12.9. The van der Waals surface area contributed by atoms with Gasteiger partial charge in [0.1, 0.15) is 12.2 Å². The first-order chi connectivity index (χ1) is 14.3. The highest BCUT2D eigenvalue weighted by Crippen LogP contribution is 2.33. The molecule has 164 valence electrons. The van der Waals surface area contributed by atoms with E-state index in [9.17, 15) is 9.59 Å². The molecule has 3 rings (SSSR count). The molecule has 0 bridgehead atoms. The zero-order valence-electron chi connectivity index (χ0n) is 17.8. The topological polar surface area (TPSA) is 76.7 Å². The minimum atomic E-state index is -0.332. The van der Waals surface area contributed by atoms with Crippen LogP contribution < -0.4 is 10.6 Å². The van der Waals surface area contributed by atoms with Crippen molar-refractivity contribution in [2.45, 2.75) is 75.2 Å². The van der Waals surface area contributed by atoms with Crippen LogP contribution in [0.25, 0.3) is 0 Å². The van der Waals surface area contributed by atoms with E-state index in [1.54, 1.807) is 6.08 Å². The van der Waals surface area contributed by atoms with Gasteiger partial charge in [-0.3, -0.25) is 9.59 Å². The first-order valence-electron chi connectivity index (χ1n) is 10.5. The van der Waals surface area contributed by atoms with Crippen molar-refractivity contribution < 1.29 is 19.1 Å². The van der Waals surface area contributed by atoms with Crippen LogP contribution in [0.3, 0.4) is 0 Å². The zero-order valence-corrected chi connectivity index (χ0v) is 19.4. The monoisotopic (exact) mass is 478 g/mol. The molecule has 1 saturated carbocycles. The molecular weight excluding hydrogens is 448 g/mol. The van der Waals surface area contributed by atoms with Gasteiger partial charge in [-0.25, -0.2) is 0 Å². The Labute approximate surface area is 187 Å². The highest BCUT2D eigenvalue weighted by molar-refractivity contribution is 9.09. The lowest BCUT2D eigenvalue weighted by Gasteiger charge is -2.43. The first-order valence-corrected chi connectivity index (χ1v) is 11.4. The summed E-state index contributed by atoms with van der Waals surface area (Å²) in [5, 5.41) is 7.20. The fourth-order valence-corrected chi connectivity index (χ4v) is 5.20. The third kappa shape index (κ3) is 5.24. The van der Waals surface area contributed by atoms with Crippen LogP contribution in [0.4, 0.5) is 0 Å². The molecule has 0 aromatic carbocycles. The maximum absolute atomic E-state index is 11.5. The second kappa shape index (κ2) is 9.96. The first kappa shape index (κ1) is 22.8. The zero-order chi connectivity index (χ0) is 21.8. The second-order valence-corrected chi connectivity index (χ2v) is 9.16. The van der Waals surface area contributed by atoms with Gasteiger partial charge in [0.05, 0.1) is 16.9 Å². The minimum absolute atomic E-state index is 0.0238. The molecular formula is C23H31BrN2O4. The van der Waals surface area contributed by atoms with Gasteiger partial charge in [0.15, 0.2) is 0 Å². The summed E-state index contributed by atoms with van der Waals surface area (Å²) in [6.45, 7) is 8.64. The van der Waals surface area contributed by atoms with Crippen molar-refractivity contribution in [3.8, 4) is 0 Å². The minimum Gasteiger partial charge on any atom is -0.461 e. The average molecular weight is 479 g/mol. The van der Waals surface area contributed by atoms with Crippen LogP contribution in [0.5, 0.6) is 0 Å². The average Bonchev–Trinajstić information content (AvgIpc) is 2.71. The van der Waals surface area contributed by atoms with Crippen LogP contribution in [-0.4, -0.2) is 47.1 Å². The predicted octanol–water partition coefficient (Wildman–Crippen LogP) is 3.30. The molecule has 0 spiro atoms. The van der Waals surface area contributed by atoms with Gasteiger partial charge in [-0.1, -0.05) is 46.8 Å². The summed E-state index contributed by atoms with van der Waals surface area (Å²) in [4.78, 5) is 22.9. The highest BCUT2D eigenvalue weighted by atomic mass is 79.9. The molecule has 7 unspecified atom stereocenters. The smallest absolute Gasteiger partial charge is 0.302 e. The van der Waals surface area contributed by atoms with Gasteiger partial charge in [0.25, 0.3) is 0 Å². The molecule has 7 atom stereocenters. The number of ether oxygens (including phenoxy) is 2. The van der Waals surface area contributed by atoms with E-state index in [-0.39, 0.29) is 47.1 Å². The van der Waals surface area contributed by atoms with Crippen molar-refractivity contribution in [2.24, 2.45) is 5.92 Å². The lowest BCUT2D eigenvalue weighted by molar-refractivity contribution is -0.150. The molecule has 2 aliphatic heterocycles. The summed E-state index contributed by atoms with van der Waals surface area (Å²) < 4.78 is 11.0. The summed E-state index contributed by atoms with van der Waals surface area (Å²) in [5.41, 5.74) is 1.96. The quantitative estimate of drug-likeness (QED) is 0.346. The summed E-state index contributed by atoms with van der Waals surface area (Å²) >= 11 is 3.84. The van der Waals surface area contributed by atoms with Gasteiger partial charge in [0.2, 0.25) is 0 Å². The molecule has 7 heteroatoms. The molecule has 0 amide bonds. The molecule has 0 aromatic rings. The van der Waals surface area contributed by atoms with Crippen molar-refractivity contribution in [2.75, 3.05) is 0 Å². The number of halogens is 1. The maximum Gasteiger partial charge on any atom is 0.302 e. The summed E-state index contributed by atoms with van der Waals surface area (Å²) in [5.74, 6) is -0.169. The van der Waals surface area contributed by atoms with E-state index < -0.39 is 0 Å². The predicted molar refractivity (Wildman–Crippen MR) is 120 cm³/mol. The van der Waals surface area contributed by atoms with E-state index in [0.717, 1.165) is 30.5 Å². The van der Waals surface area contributed by atoms with E-state index in [2.05, 4.69) is 45.3 Å². The molecule has 30 heavy (non-hydrogen) atoms. The van der Waals surface area contributed by atoms with E-state index in [1.165, 1.54) is 13.8 Å². The SMILES string of the molecule is C=CC1=CC=C(C(Br)C2C=CC3CCCC(OC(C)=O)C3N2)NC1C(C)OC(C)=O. The Morgan fingerprint density at radius 3 is 2.67 bits per heavy atom. The van der Waals surface area contributed by atoms with Crippen LogP contribution in [0, 0.1) is 5.92 Å². The van der Waals surface area contributed by atoms with E-state index in [1.807, 2.05) is 19.1 Å². The van der Waals surface area contributed by atoms with Gasteiger partial charge in [0, 0.05) is 25.6 Å². The van der Waals surface area contributed by atoms with Crippen molar-refractivity contribution >= 4 is 27.9 Å². The van der Waals surface area contributed by atoms with Crippen LogP contribution in [0.15, 0.2) is 48.2 Å². The number of rotatable bonds is 6. The lowest BCUT2D eigenvalue weighted by Crippen LogP contribution is -2.57. The standard InChI is InChI=1S/C23H31BrN2O4/c1-5-16-9-11-18(25-22(16)13(2)29-14(3)27)21(24)19-12-10-17-7-6-8-20(23(17)26-19)30-15(4)28/h5,9-13,17,19-23,25-26H,1,6-8H2,2-4H3. The van der Waals surface area contributed by atoms with Gasteiger partial charge in [-0.2, -0.15) is 0 Å². The molecule has 3 aliphatic rings. The number of hydrogen-bond donors (Lipinski definition) is 2. The molecule has 0 aromatic heterocycles. The van der Waals surface area contributed by atoms with Crippen molar-refractivity contribution in [3.05, 3.63) is 48.2 Å². The number of alkyl halides is 1. The van der Waals surface area contributed by atoms with Crippen LogP contribution >= 0.6 is 15.9 Å². The number of dihydropyridines is 1. The molecule has 2 heterocycles. The van der Waals surface area contributed by atoms with Crippen molar-refractivity contribution in [3.63, 3.8) is 0 Å². The third-order valence-corrected chi connectivity index (χ3v) is 7.02. The highest BCUT2D eigenvalue weighted by Gasteiger charge is 2.39. The Hall–Kier alpha value is -1.86. The molecule has 0 radical (unpaired) electrons. The van der Waals surface area contributed by atoms with Gasteiger partial charge < -0.3 is 20.1 Å². The number of fused-ring (bicyclic) bond motifs is 1. The molecule has 0 saturated heterocycles. The van der Waals surface area contributed by atoms with Crippen LogP contribution in [0.1, 0.15) is 40.0 Å². The maximum atomic E-state index is 11.5. The summed E-state index contributed by atoms with van der Waals surface area (Å²) in [7, 11) is 0. The molecule has 1 fully saturated rings. The largest absolute Gasteiger partial charge is 0.461 e. The number of esters is 2. The second-order valence-electron chi connectivity index (χ2n) is 8.18. The number of allylic oxidation sites excluding steroid dienone is 2. The Kier molecular flexibility index (Phi) is 7.58. The normalized spacial score (nSPS) is 32.5. The van der Waals surface area contributed by atoms with Crippen molar-refractivity contribution in [1.29, 1.82) is 0 Å². The fraction of sp³-hybridized carbons (Fsp3) is 0.565. The molecule has 6 nitrogen and oxygen atoms in total. The van der Waals surface area contributed by atoms with E-state index in [0.29, 0.717) is 5.92 Å². The lowest BCUT2D eigenvalue weighted by atomic mass is 9.79. The summed E-state index contributed by atoms with van der Waals surface area (Å²) in [6, 6.07) is -0.0308. The van der Waals surface area contributed by atoms with Gasteiger partial charge in [-0.05, 0) is 43.8 Å². The Bertz CT molecular complexity index is 775. The Balaban J connectivity index is 1.74. The van der Waals surface area contributed by atoms with Gasteiger partial charge in [-0.15, -0.1) is 0 Å². The number of carbonyl (C=O) groups excluding carboxylic acids is 2. The fourth-order valence-electron chi connectivity index (χ4n) is 4.58. The molecule has 2 N–H and O–H groups in total. The van der Waals surface area contributed by atoms with Gasteiger partial charge >= 0.3 is 11.9 Å². The van der Waals surface area contributed by atoms with E-state index >= 15 is 0 Å². The van der Waals surface area contributed by atoms with E-state index in [4.69, 9.17) is 9.47 Å². The van der Waals surface area contributed by atoms with Crippen LogP contribution in [-0.2, 0) is 19.1 Å².